The number of benzene rings is 3. The first-order valence-electron chi connectivity index (χ1n) is 21.9. The van der Waals surface area contributed by atoms with E-state index in [-0.39, 0.29) is 29.7 Å². The minimum absolute atomic E-state index is 0.0316. The van der Waals surface area contributed by atoms with Crippen molar-refractivity contribution in [3.05, 3.63) is 109 Å². The number of rotatable bonds is 12. The molecule has 2 amide bonds. The molecule has 3 aliphatic rings. The van der Waals surface area contributed by atoms with E-state index in [1.54, 1.807) is 36.9 Å². The van der Waals surface area contributed by atoms with Crippen LogP contribution in [0, 0.1) is 17.8 Å². The number of carbonyl (C=O) groups excluding carboxylic acids is 2. The van der Waals surface area contributed by atoms with Gasteiger partial charge >= 0.3 is 0 Å². The third-order valence-electron chi connectivity index (χ3n) is 13.2. The Morgan fingerprint density at radius 1 is 0.742 bits per heavy atom. The van der Waals surface area contributed by atoms with Crippen LogP contribution in [0.4, 0.5) is 11.9 Å². The van der Waals surface area contributed by atoms with Gasteiger partial charge in [-0.05, 0) is 108 Å². The quantitative estimate of drug-likeness (QED) is 0.0942. The Balaban J connectivity index is 0.863. The maximum atomic E-state index is 14.3. The van der Waals surface area contributed by atoms with Gasteiger partial charge in [-0.2, -0.15) is 0 Å². The lowest BCUT2D eigenvalue weighted by Crippen LogP contribution is -2.53. The van der Waals surface area contributed by atoms with Crippen LogP contribution < -0.4 is 10.6 Å². The van der Waals surface area contributed by atoms with Crippen molar-refractivity contribution in [2.24, 2.45) is 17.8 Å². The van der Waals surface area contributed by atoms with Crippen LogP contribution in [-0.2, 0) is 15.1 Å². The predicted molar refractivity (Wildman–Crippen MR) is 240 cm³/mol. The number of imidazole rings is 2. The summed E-state index contributed by atoms with van der Waals surface area (Å²) in [6.45, 7) is 9.59. The Kier molecular flexibility index (Phi) is 10.2. The van der Waals surface area contributed by atoms with Crippen LogP contribution in [0.3, 0.4) is 0 Å². The zero-order valence-corrected chi connectivity index (χ0v) is 35.5. The van der Waals surface area contributed by atoms with Gasteiger partial charge in [-0.15, -0.1) is 0 Å². The Hall–Kier alpha value is -6.70. The Morgan fingerprint density at radius 3 is 2.05 bits per heavy atom. The molecule has 316 valence electrons. The first-order valence-corrected chi connectivity index (χ1v) is 21.9. The van der Waals surface area contributed by atoms with E-state index in [4.69, 9.17) is 9.97 Å². The largest absolute Gasteiger partial charge is 0.342 e. The molecule has 4 aromatic heterocycles. The Morgan fingerprint density at radius 2 is 1.37 bits per heavy atom. The highest BCUT2D eigenvalue weighted by molar-refractivity contribution is 5.92. The summed E-state index contributed by atoms with van der Waals surface area (Å²) in [6, 6.07) is 21.9. The van der Waals surface area contributed by atoms with Crippen LogP contribution in [0.2, 0.25) is 0 Å². The number of piperidine rings is 1. The maximum Gasteiger partial charge on any atom is 0.246 e. The number of likely N-dealkylation sites (tertiary alicyclic amines) is 2. The van der Waals surface area contributed by atoms with E-state index in [2.05, 4.69) is 114 Å². The summed E-state index contributed by atoms with van der Waals surface area (Å²) in [5, 5.41) is 8.83. The minimum Gasteiger partial charge on any atom is -0.342 e. The van der Waals surface area contributed by atoms with Crippen LogP contribution in [0.5, 0.6) is 0 Å². The fraction of sp³-hybridized carbons (Fsp3) is 0.375. The van der Waals surface area contributed by atoms with Crippen LogP contribution in [0.1, 0.15) is 77.5 Å². The zero-order valence-electron chi connectivity index (χ0n) is 35.5. The number of nitrogens with zero attached hydrogens (tertiary/aromatic N) is 8. The number of amides is 2. The van der Waals surface area contributed by atoms with Gasteiger partial charge in [-0.1, -0.05) is 58.0 Å². The van der Waals surface area contributed by atoms with E-state index in [0.29, 0.717) is 24.4 Å². The standard InChI is InChI=1S/C48H52N12O2/c1-28(2)40(57-46-49-17-6-18-50-46)43(61)59-21-5-8-39(59)42-53-26-38(54-42)35-12-11-31-22-32(9-10-33(31)23-35)34-13-14-36-37(24-34)56-45(55-36)48-16-15-30(25-48)27-60(48)44(62)41(29(3)4)58-47-51-19-7-20-52-47/h6-7,9-14,17-20,22-24,26,28-30,39-41H,5,8,15-16,21,25,27H2,1-4H3,(H,53,54)(H,55,56)(H,49,50,57)(H,51,52,58)/t30?,39-,40?,41-,48?/m0/s1. The number of H-pyrrole nitrogens is 2. The molecule has 5 atom stereocenters. The van der Waals surface area contributed by atoms with Crippen LogP contribution in [0.15, 0.2) is 97.7 Å². The molecular weight excluding hydrogens is 777 g/mol. The number of fused-ring (bicyclic) bond motifs is 4. The summed E-state index contributed by atoms with van der Waals surface area (Å²) < 4.78 is 0. The molecular formula is C48H52N12O2. The maximum absolute atomic E-state index is 14.3. The van der Waals surface area contributed by atoms with Gasteiger partial charge in [0.15, 0.2) is 0 Å². The molecule has 3 aromatic carbocycles. The second kappa shape index (κ2) is 16.0. The molecule has 3 fully saturated rings. The van der Waals surface area contributed by atoms with Crippen molar-refractivity contribution in [1.29, 1.82) is 0 Å². The molecule has 0 radical (unpaired) electrons. The number of aromatic amines is 2. The molecule has 3 unspecified atom stereocenters. The summed E-state index contributed by atoms with van der Waals surface area (Å²) in [4.78, 5) is 66.8. The number of carbonyl (C=O) groups is 2. The highest BCUT2D eigenvalue weighted by Crippen LogP contribution is 2.53. The summed E-state index contributed by atoms with van der Waals surface area (Å²) in [7, 11) is 0. The summed E-state index contributed by atoms with van der Waals surface area (Å²) in [6.07, 6.45) is 13.2. The first kappa shape index (κ1) is 39.4. The van der Waals surface area contributed by atoms with Crippen LogP contribution in [-0.4, -0.2) is 86.7 Å². The second-order valence-corrected chi connectivity index (χ2v) is 17.9. The molecule has 1 aliphatic carbocycles. The van der Waals surface area contributed by atoms with Crippen molar-refractivity contribution < 1.29 is 9.59 Å². The van der Waals surface area contributed by atoms with Crippen molar-refractivity contribution in [1.82, 2.24) is 49.7 Å². The summed E-state index contributed by atoms with van der Waals surface area (Å²) >= 11 is 0. The lowest BCUT2D eigenvalue weighted by molar-refractivity contribution is -0.139. The third kappa shape index (κ3) is 7.20. The molecule has 62 heavy (non-hydrogen) atoms. The number of hydrogen-bond donors (Lipinski definition) is 4. The smallest absolute Gasteiger partial charge is 0.246 e. The van der Waals surface area contributed by atoms with Gasteiger partial charge in [-0.3, -0.25) is 9.59 Å². The van der Waals surface area contributed by atoms with Crippen LogP contribution >= 0.6 is 0 Å². The van der Waals surface area contributed by atoms with Gasteiger partial charge < -0.3 is 30.4 Å². The van der Waals surface area contributed by atoms with Gasteiger partial charge in [0.1, 0.15) is 29.3 Å². The molecule has 4 N–H and O–H groups in total. The van der Waals surface area contributed by atoms with E-state index < -0.39 is 17.6 Å². The SMILES string of the molecule is CC(C)C(Nc1ncccn1)C(=O)N1CCC[C@H]1c1ncc(-c2ccc3cc(-c4ccc5nc(C67CCC(CN6C(=O)[C@@H](Nc6ncccn6)C(C)C)C7)[nH]c5c4)ccc3c2)[nH]1. The first-order chi connectivity index (χ1) is 30.1. The van der Waals surface area contributed by atoms with Crippen molar-refractivity contribution in [2.45, 2.75) is 83.5 Å². The fourth-order valence-electron chi connectivity index (χ4n) is 9.97. The molecule has 0 spiro atoms. The average Bonchev–Trinajstić information content (AvgIpc) is 4.15. The number of hydrogen-bond acceptors (Lipinski definition) is 10. The van der Waals surface area contributed by atoms with Gasteiger partial charge in [0.05, 0.1) is 29.0 Å². The number of aromatic nitrogens is 8. The van der Waals surface area contributed by atoms with Crippen molar-refractivity contribution in [3.8, 4) is 22.4 Å². The zero-order chi connectivity index (χ0) is 42.5. The molecule has 2 aliphatic heterocycles. The topological polar surface area (TPSA) is 174 Å². The molecule has 10 rings (SSSR count). The summed E-state index contributed by atoms with van der Waals surface area (Å²) in [5.74, 6) is 3.21. The van der Waals surface area contributed by atoms with Gasteiger partial charge in [0.2, 0.25) is 23.7 Å². The van der Waals surface area contributed by atoms with Crippen molar-refractivity contribution in [3.63, 3.8) is 0 Å². The number of nitrogens with one attached hydrogen (secondary N) is 4. The lowest BCUT2D eigenvalue weighted by atomic mass is 9.93. The average molecular weight is 829 g/mol. The predicted octanol–water partition coefficient (Wildman–Crippen LogP) is 8.13. The van der Waals surface area contributed by atoms with E-state index >= 15 is 0 Å². The fourth-order valence-corrected chi connectivity index (χ4v) is 9.97. The molecule has 7 aromatic rings. The normalized spacial score (nSPS) is 20.7. The van der Waals surface area contributed by atoms with Crippen LogP contribution in [0.25, 0.3) is 44.2 Å². The van der Waals surface area contributed by atoms with E-state index in [1.165, 1.54) is 0 Å². The van der Waals surface area contributed by atoms with Gasteiger partial charge in [0.25, 0.3) is 0 Å². The minimum atomic E-state index is -0.468. The Bertz CT molecular complexity index is 2750. The summed E-state index contributed by atoms with van der Waals surface area (Å²) in [5.41, 5.74) is 5.53. The van der Waals surface area contributed by atoms with E-state index in [0.717, 1.165) is 94.5 Å². The van der Waals surface area contributed by atoms with E-state index in [9.17, 15) is 9.59 Å². The highest BCUT2D eigenvalue weighted by atomic mass is 16.2. The molecule has 2 saturated heterocycles. The second-order valence-electron chi connectivity index (χ2n) is 17.9. The van der Waals surface area contributed by atoms with Crippen molar-refractivity contribution in [2.75, 3.05) is 23.7 Å². The molecule has 6 heterocycles. The van der Waals surface area contributed by atoms with Crippen molar-refractivity contribution >= 4 is 45.5 Å². The van der Waals surface area contributed by atoms with Gasteiger partial charge in [-0.25, -0.2) is 29.9 Å². The molecule has 2 bridgehead atoms. The molecule has 14 nitrogen and oxygen atoms in total. The molecule has 14 heteroatoms. The lowest BCUT2D eigenvalue weighted by Gasteiger charge is -2.40. The Labute approximate surface area is 360 Å². The number of anilines is 2. The molecule has 1 saturated carbocycles. The highest BCUT2D eigenvalue weighted by Gasteiger charge is 2.56. The van der Waals surface area contributed by atoms with Gasteiger partial charge in [0, 0.05) is 43.4 Å². The monoisotopic (exact) mass is 828 g/mol. The van der Waals surface area contributed by atoms with E-state index in [1.807, 2.05) is 24.9 Å². The third-order valence-corrected chi connectivity index (χ3v) is 13.2.